The van der Waals surface area contributed by atoms with E-state index in [1.54, 1.807) is 0 Å². The Morgan fingerprint density at radius 1 is 1.15 bits per heavy atom. The number of hydrogen-bond acceptors (Lipinski definition) is 2. The maximum Gasteiger partial charge on any atom is 0.0236 e. The van der Waals surface area contributed by atoms with Crippen LogP contribution in [0.5, 0.6) is 0 Å². The highest BCUT2D eigenvalue weighted by Crippen LogP contribution is 2.25. The molecule has 1 aliphatic heterocycles. The summed E-state index contributed by atoms with van der Waals surface area (Å²) in [6.07, 6.45) is 5.48. The van der Waals surface area contributed by atoms with Crippen LogP contribution in [0.2, 0.25) is 0 Å². The summed E-state index contributed by atoms with van der Waals surface area (Å²) < 4.78 is 0. The molecule has 1 aromatic rings. The molecule has 1 aliphatic carbocycles. The van der Waals surface area contributed by atoms with E-state index in [2.05, 4.69) is 48.3 Å². The summed E-state index contributed by atoms with van der Waals surface area (Å²) in [5.41, 5.74) is 2.91. The first-order chi connectivity index (χ1) is 9.72. The van der Waals surface area contributed by atoms with Gasteiger partial charge < -0.3 is 5.32 Å². The van der Waals surface area contributed by atoms with Gasteiger partial charge in [-0.2, -0.15) is 0 Å². The van der Waals surface area contributed by atoms with E-state index in [1.807, 2.05) is 0 Å². The maximum absolute atomic E-state index is 3.61. The Labute approximate surface area is 123 Å². The monoisotopic (exact) mass is 272 g/mol. The summed E-state index contributed by atoms with van der Waals surface area (Å²) in [7, 11) is 0. The van der Waals surface area contributed by atoms with Gasteiger partial charge in [0.1, 0.15) is 0 Å². The van der Waals surface area contributed by atoms with Crippen molar-refractivity contribution in [3.8, 4) is 0 Å². The molecular formula is C18H28N2. The van der Waals surface area contributed by atoms with E-state index in [4.69, 9.17) is 0 Å². The fraction of sp³-hybridized carbons (Fsp3) is 0.667. The van der Waals surface area contributed by atoms with E-state index in [-0.39, 0.29) is 0 Å². The lowest BCUT2D eigenvalue weighted by Gasteiger charge is -2.38. The molecule has 110 valence electrons. The first-order valence-electron chi connectivity index (χ1n) is 8.27. The fourth-order valence-electron chi connectivity index (χ4n) is 3.27. The molecule has 0 spiro atoms. The van der Waals surface area contributed by atoms with Crippen LogP contribution in [0.25, 0.3) is 0 Å². The standard InChI is InChI=1S/C18H28N2/c1-14-5-4-10-20(15(14)2)13-17-7-3-6-16(11-17)12-19-18-8-9-18/h3,6-7,11,14-15,18-19H,4-5,8-10,12-13H2,1-2H3. The molecular weight excluding hydrogens is 244 g/mol. The maximum atomic E-state index is 3.61. The average Bonchev–Trinajstić information content (AvgIpc) is 3.26. The van der Waals surface area contributed by atoms with Gasteiger partial charge in [0.2, 0.25) is 0 Å². The highest BCUT2D eigenvalue weighted by molar-refractivity contribution is 5.23. The Morgan fingerprint density at radius 2 is 1.95 bits per heavy atom. The molecule has 0 radical (unpaired) electrons. The molecule has 0 aromatic heterocycles. The van der Waals surface area contributed by atoms with Gasteiger partial charge in [0.05, 0.1) is 0 Å². The number of rotatable bonds is 5. The van der Waals surface area contributed by atoms with Crippen LogP contribution >= 0.6 is 0 Å². The number of hydrogen-bond donors (Lipinski definition) is 1. The molecule has 2 nitrogen and oxygen atoms in total. The van der Waals surface area contributed by atoms with Gasteiger partial charge in [-0.25, -0.2) is 0 Å². The van der Waals surface area contributed by atoms with E-state index < -0.39 is 0 Å². The van der Waals surface area contributed by atoms with Crippen molar-refractivity contribution in [3.05, 3.63) is 35.4 Å². The van der Waals surface area contributed by atoms with Gasteiger partial charge in [0.25, 0.3) is 0 Å². The molecule has 2 unspecified atom stereocenters. The van der Waals surface area contributed by atoms with Crippen LogP contribution in [-0.4, -0.2) is 23.5 Å². The molecule has 1 saturated heterocycles. The summed E-state index contributed by atoms with van der Waals surface area (Å²) in [6.45, 7) is 8.19. The number of piperidine rings is 1. The molecule has 3 rings (SSSR count). The quantitative estimate of drug-likeness (QED) is 0.881. The smallest absolute Gasteiger partial charge is 0.0236 e. The third-order valence-corrected chi connectivity index (χ3v) is 5.05. The average molecular weight is 272 g/mol. The zero-order valence-corrected chi connectivity index (χ0v) is 12.9. The van der Waals surface area contributed by atoms with Crippen LogP contribution < -0.4 is 5.32 Å². The molecule has 2 fully saturated rings. The van der Waals surface area contributed by atoms with Crippen molar-refractivity contribution in [2.24, 2.45) is 5.92 Å². The zero-order valence-electron chi connectivity index (χ0n) is 12.9. The lowest BCUT2D eigenvalue weighted by molar-refractivity contribution is 0.106. The van der Waals surface area contributed by atoms with Crippen LogP contribution in [-0.2, 0) is 13.1 Å². The van der Waals surface area contributed by atoms with Crippen LogP contribution in [0, 0.1) is 5.92 Å². The Hall–Kier alpha value is -0.860. The Kier molecular flexibility index (Phi) is 4.42. The van der Waals surface area contributed by atoms with E-state index in [0.717, 1.165) is 31.1 Å². The third-order valence-electron chi connectivity index (χ3n) is 5.05. The SMILES string of the molecule is CC1CCCN(Cc2cccc(CNC3CC3)c2)C1C. The van der Waals surface area contributed by atoms with Gasteiger partial charge >= 0.3 is 0 Å². The van der Waals surface area contributed by atoms with Gasteiger partial charge in [-0.15, -0.1) is 0 Å². The van der Waals surface area contributed by atoms with E-state index >= 15 is 0 Å². The highest BCUT2D eigenvalue weighted by Gasteiger charge is 2.24. The Morgan fingerprint density at radius 3 is 2.75 bits per heavy atom. The number of nitrogens with one attached hydrogen (secondary N) is 1. The molecule has 0 bridgehead atoms. The normalized spacial score (nSPS) is 27.7. The largest absolute Gasteiger partial charge is 0.310 e. The van der Waals surface area contributed by atoms with Gasteiger partial charge in [0, 0.05) is 25.2 Å². The molecule has 1 heterocycles. The number of benzene rings is 1. The van der Waals surface area contributed by atoms with Crippen LogP contribution in [0.4, 0.5) is 0 Å². The minimum absolute atomic E-state index is 0.719. The molecule has 1 saturated carbocycles. The predicted molar refractivity (Wildman–Crippen MR) is 84.6 cm³/mol. The Bertz CT molecular complexity index is 439. The molecule has 2 heteroatoms. The Balaban J connectivity index is 1.59. The first-order valence-corrected chi connectivity index (χ1v) is 8.27. The van der Waals surface area contributed by atoms with Crippen molar-refractivity contribution >= 4 is 0 Å². The van der Waals surface area contributed by atoms with Gasteiger partial charge in [0.15, 0.2) is 0 Å². The van der Waals surface area contributed by atoms with Crippen LogP contribution in [0.15, 0.2) is 24.3 Å². The van der Waals surface area contributed by atoms with Crippen molar-refractivity contribution in [1.29, 1.82) is 0 Å². The summed E-state index contributed by atoms with van der Waals surface area (Å²) in [5, 5.41) is 3.61. The molecule has 2 atom stereocenters. The second-order valence-electron chi connectivity index (χ2n) is 6.81. The summed E-state index contributed by atoms with van der Waals surface area (Å²) >= 11 is 0. The lowest BCUT2D eigenvalue weighted by atomic mass is 9.91. The number of nitrogens with zero attached hydrogens (tertiary/aromatic N) is 1. The topological polar surface area (TPSA) is 15.3 Å². The third kappa shape index (κ3) is 3.62. The van der Waals surface area contributed by atoms with Gasteiger partial charge in [-0.3, -0.25) is 4.90 Å². The molecule has 0 amide bonds. The lowest BCUT2D eigenvalue weighted by Crippen LogP contribution is -2.41. The van der Waals surface area contributed by atoms with Crippen molar-refractivity contribution in [3.63, 3.8) is 0 Å². The highest BCUT2D eigenvalue weighted by atomic mass is 15.2. The second-order valence-corrected chi connectivity index (χ2v) is 6.81. The van der Waals surface area contributed by atoms with Crippen molar-refractivity contribution in [2.75, 3.05) is 6.54 Å². The number of likely N-dealkylation sites (tertiary alicyclic amines) is 1. The van der Waals surface area contributed by atoms with E-state index in [1.165, 1.54) is 43.4 Å². The van der Waals surface area contributed by atoms with Crippen molar-refractivity contribution in [2.45, 2.75) is 64.7 Å². The van der Waals surface area contributed by atoms with Crippen LogP contribution in [0.3, 0.4) is 0 Å². The summed E-state index contributed by atoms with van der Waals surface area (Å²) in [4.78, 5) is 2.65. The van der Waals surface area contributed by atoms with Crippen molar-refractivity contribution in [1.82, 2.24) is 10.2 Å². The minimum Gasteiger partial charge on any atom is -0.310 e. The zero-order chi connectivity index (χ0) is 13.9. The molecule has 20 heavy (non-hydrogen) atoms. The summed E-state index contributed by atoms with van der Waals surface area (Å²) in [5.74, 6) is 0.837. The molecule has 1 aromatic carbocycles. The second kappa shape index (κ2) is 6.28. The van der Waals surface area contributed by atoms with Gasteiger partial charge in [-0.05, 0) is 56.2 Å². The molecule has 2 aliphatic rings. The molecule has 1 N–H and O–H groups in total. The predicted octanol–water partition coefficient (Wildman–Crippen LogP) is 3.56. The van der Waals surface area contributed by atoms with Crippen molar-refractivity contribution < 1.29 is 0 Å². The van der Waals surface area contributed by atoms with Crippen LogP contribution in [0.1, 0.15) is 50.7 Å². The summed E-state index contributed by atoms with van der Waals surface area (Å²) in [6, 6.07) is 10.7. The first kappa shape index (κ1) is 14.1. The van der Waals surface area contributed by atoms with E-state index in [9.17, 15) is 0 Å². The van der Waals surface area contributed by atoms with E-state index in [0.29, 0.717) is 0 Å². The minimum atomic E-state index is 0.719. The van der Waals surface area contributed by atoms with Gasteiger partial charge in [-0.1, -0.05) is 31.2 Å². The fourth-order valence-corrected chi connectivity index (χ4v) is 3.27.